The third kappa shape index (κ3) is 4.95. The summed E-state index contributed by atoms with van der Waals surface area (Å²) in [5.74, 6) is -0.740. The Morgan fingerprint density at radius 2 is 2.24 bits per heavy atom. The van der Waals surface area contributed by atoms with E-state index in [2.05, 4.69) is 24.1 Å². The van der Waals surface area contributed by atoms with E-state index in [9.17, 15) is 4.79 Å². The Labute approximate surface area is 102 Å². The topological polar surface area (TPSA) is 62.2 Å². The molecule has 0 spiro atoms. The molecule has 0 aliphatic rings. The molecule has 0 amide bonds. The molecule has 0 fully saturated rings. The largest absolute Gasteiger partial charge is 0.481 e. The maximum absolute atomic E-state index is 10.3. The molecule has 4 heteroatoms. The number of nitrogens with zero attached hydrogens (tertiary/aromatic N) is 1. The quantitative estimate of drug-likeness (QED) is 0.709. The number of carbonyl (C=O) groups is 1. The molecule has 17 heavy (non-hydrogen) atoms. The van der Waals surface area contributed by atoms with Gasteiger partial charge in [0.05, 0.1) is 0 Å². The Balaban J connectivity index is 2.33. The molecule has 94 valence electrons. The van der Waals surface area contributed by atoms with Gasteiger partial charge in [-0.2, -0.15) is 0 Å². The van der Waals surface area contributed by atoms with Crippen molar-refractivity contribution < 1.29 is 9.90 Å². The fraction of sp³-hybridized carbons (Fsp3) is 0.538. The summed E-state index contributed by atoms with van der Waals surface area (Å²) in [6.45, 7) is 5.77. The molecule has 0 unspecified atom stereocenters. The molecule has 2 N–H and O–H groups in total. The molecule has 1 aromatic heterocycles. The first-order valence-corrected chi connectivity index (χ1v) is 5.86. The fourth-order valence-electron chi connectivity index (χ4n) is 1.62. The summed E-state index contributed by atoms with van der Waals surface area (Å²) in [7, 11) is 0. The summed E-state index contributed by atoms with van der Waals surface area (Å²) in [6, 6.07) is 5.90. The molecule has 0 aliphatic heterocycles. The zero-order valence-corrected chi connectivity index (χ0v) is 10.4. The first kappa shape index (κ1) is 13.6. The van der Waals surface area contributed by atoms with Gasteiger partial charge in [-0.3, -0.25) is 9.78 Å². The number of carboxylic acid groups (broad SMARTS) is 1. The first-order valence-electron chi connectivity index (χ1n) is 5.86. The Morgan fingerprint density at radius 1 is 1.47 bits per heavy atom. The molecule has 0 aliphatic carbocycles. The number of aromatic nitrogens is 1. The lowest BCUT2D eigenvalue weighted by Crippen LogP contribution is -2.34. The predicted molar refractivity (Wildman–Crippen MR) is 67.0 cm³/mol. The number of aliphatic carboxylic acids is 1. The van der Waals surface area contributed by atoms with Gasteiger partial charge in [-0.05, 0) is 25.1 Å². The van der Waals surface area contributed by atoms with Crippen molar-refractivity contribution in [2.24, 2.45) is 0 Å². The highest BCUT2D eigenvalue weighted by Crippen LogP contribution is 2.19. The van der Waals surface area contributed by atoms with Crippen molar-refractivity contribution in [3.8, 4) is 0 Å². The fourth-order valence-corrected chi connectivity index (χ4v) is 1.62. The van der Waals surface area contributed by atoms with Gasteiger partial charge in [0, 0.05) is 30.3 Å². The van der Waals surface area contributed by atoms with Crippen LogP contribution in [0.5, 0.6) is 0 Å². The minimum Gasteiger partial charge on any atom is -0.481 e. The summed E-state index contributed by atoms with van der Waals surface area (Å²) < 4.78 is 0. The molecule has 0 saturated carbocycles. The van der Waals surface area contributed by atoms with Gasteiger partial charge >= 0.3 is 5.97 Å². The van der Waals surface area contributed by atoms with Gasteiger partial charge in [0.1, 0.15) is 0 Å². The molecule has 0 bridgehead atoms. The second kappa shape index (κ2) is 6.35. The van der Waals surface area contributed by atoms with Crippen molar-refractivity contribution in [3.05, 3.63) is 30.1 Å². The average Bonchev–Trinajstić information content (AvgIpc) is 2.29. The highest BCUT2D eigenvalue weighted by Gasteiger charge is 2.20. The average molecular weight is 236 g/mol. The van der Waals surface area contributed by atoms with E-state index < -0.39 is 5.97 Å². The molecular formula is C13H20N2O2. The second-order valence-electron chi connectivity index (χ2n) is 4.77. The van der Waals surface area contributed by atoms with Crippen LogP contribution in [0, 0.1) is 0 Å². The number of hydrogen-bond acceptors (Lipinski definition) is 3. The highest BCUT2D eigenvalue weighted by atomic mass is 16.4. The van der Waals surface area contributed by atoms with Gasteiger partial charge in [-0.25, -0.2) is 0 Å². The van der Waals surface area contributed by atoms with Crippen molar-refractivity contribution >= 4 is 5.97 Å². The van der Waals surface area contributed by atoms with Gasteiger partial charge in [0.15, 0.2) is 0 Å². The van der Waals surface area contributed by atoms with E-state index in [1.54, 1.807) is 6.20 Å². The van der Waals surface area contributed by atoms with Crippen LogP contribution in [0.15, 0.2) is 24.4 Å². The van der Waals surface area contributed by atoms with Crippen molar-refractivity contribution in [2.45, 2.75) is 32.1 Å². The molecular weight excluding hydrogens is 216 g/mol. The maximum Gasteiger partial charge on any atom is 0.303 e. The van der Waals surface area contributed by atoms with Crippen LogP contribution in [-0.2, 0) is 10.2 Å². The van der Waals surface area contributed by atoms with Crippen LogP contribution in [0.3, 0.4) is 0 Å². The van der Waals surface area contributed by atoms with Crippen molar-refractivity contribution in [1.29, 1.82) is 0 Å². The Kier molecular flexibility index (Phi) is 5.10. The Morgan fingerprint density at radius 3 is 2.82 bits per heavy atom. The van der Waals surface area contributed by atoms with Crippen molar-refractivity contribution in [1.82, 2.24) is 10.3 Å². The van der Waals surface area contributed by atoms with Crippen LogP contribution in [0.2, 0.25) is 0 Å². The van der Waals surface area contributed by atoms with Crippen LogP contribution < -0.4 is 5.32 Å². The Hall–Kier alpha value is -1.42. The van der Waals surface area contributed by atoms with E-state index in [0.29, 0.717) is 6.42 Å². The molecule has 4 nitrogen and oxygen atoms in total. The van der Waals surface area contributed by atoms with Gasteiger partial charge in [0.25, 0.3) is 0 Å². The molecule has 0 atom stereocenters. The van der Waals surface area contributed by atoms with E-state index >= 15 is 0 Å². The van der Waals surface area contributed by atoms with Crippen LogP contribution >= 0.6 is 0 Å². The van der Waals surface area contributed by atoms with Crippen LogP contribution in [-0.4, -0.2) is 29.1 Å². The number of rotatable bonds is 7. The highest BCUT2D eigenvalue weighted by molar-refractivity contribution is 5.66. The minimum atomic E-state index is -0.740. The molecule has 1 rings (SSSR count). The molecule has 0 radical (unpaired) electrons. The van der Waals surface area contributed by atoms with Gasteiger partial charge in [0.2, 0.25) is 0 Å². The number of hydrogen-bond donors (Lipinski definition) is 2. The normalized spacial score (nSPS) is 11.4. The second-order valence-corrected chi connectivity index (χ2v) is 4.77. The number of pyridine rings is 1. The van der Waals surface area contributed by atoms with Gasteiger partial charge < -0.3 is 10.4 Å². The monoisotopic (exact) mass is 236 g/mol. The zero-order valence-electron chi connectivity index (χ0n) is 10.4. The van der Waals surface area contributed by atoms with Crippen LogP contribution in [0.1, 0.15) is 32.4 Å². The smallest absolute Gasteiger partial charge is 0.303 e. The molecule has 0 saturated heterocycles. The van der Waals surface area contributed by atoms with Crippen LogP contribution in [0.25, 0.3) is 0 Å². The summed E-state index contributed by atoms with van der Waals surface area (Å²) >= 11 is 0. The summed E-state index contributed by atoms with van der Waals surface area (Å²) in [4.78, 5) is 14.7. The van der Waals surface area contributed by atoms with E-state index in [-0.39, 0.29) is 11.8 Å². The SMILES string of the molecule is CC(C)(CNCCCC(=O)O)c1ccccn1. The lowest BCUT2D eigenvalue weighted by molar-refractivity contribution is -0.137. The zero-order chi connectivity index (χ0) is 12.7. The lowest BCUT2D eigenvalue weighted by Gasteiger charge is -2.24. The molecule has 1 heterocycles. The lowest BCUT2D eigenvalue weighted by atomic mass is 9.88. The van der Waals surface area contributed by atoms with Crippen molar-refractivity contribution in [2.75, 3.05) is 13.1 Å². The van der Waals surface area contributed by atoms with Crippen LogP contribution in [0.4, 0.5) is 0 Å². The minimum absolute atomic E-state index is 0.0372. The summed E-state index contributed by atoms with van der Waals surface area (Å²) in [5, 5.41) is 11.8. The van der Waals surface area contributed by atoms with E-state index in [4.69, 9.17) is 5.11 Å². The molecule has 1 aromatic rings. The van der Waals surface area contributed by atoms with E-state index in [1.807, 2.05) is 18.2 Å². The third-order valence-corrected chi connectivity index (χ3v) is 2.67. The van der Waals surface area contributed by atoms with E-state index in [1.165, 1.54) is 0 Å². The summed E-state index contributed by atoms with van der Waals surface area (Å²) in [6.07, 6.45) is 2.67. The first-order chi connectivity index (χ1) is 8.02. The van der Waals surface area contributed by atoms with Gasteiger partial charge in [-0.15, -0.1) is 0 Å². The predicted octanol–water partition coefficient (Wildman–Crippen LogP) is 1.81. The van der Waals surface area contributed by atoms with Gasteiger partial charge in [-0.1, -0.05) is 19.9 Å². The Bertz CT molecular complexity index is 350. The van der Waals surface area contributed by atoms with E-state index in [0.717, 1.165) is 18.8 Å². The van der Waals surface area contributed by atoms with Crippen molar-refractivity contribution in [3.63, 3.8) is 0 Å². The molecule has 0 aromatic carbocycles. The third-order valence-electron chi connectivity index (χ3n) is 2.67. The number of nitrogens with one attached hydrogen (secondary N) is 1. The standard InChI is InChI=1S/C13H20N2O2/c1-13(2,11-6-3-4-9-15-11)10-14-8-5-7-12(16)17/h3-4,6,9,14H,5,7-8,10H2,1-2H3,(H,16,17). The maximum atomic E-state index is 10.3. The summed E-state index contributed by atoms with van der Waals surface area (Å²) in [5.41, 5.74) is 1.01. The number of carboxylic acids is 1.